The molecule has 0 fully saturated rings. The molecule has 0 atom stereocenters. The Bertz CT molecular complexity index is 1820. The van der Waals surface area contributed by atoms with Crippen molar-refractivity contribution < 1.29 is 0 Å². The highest BCUT2D eigenvalue weighted by atomic mass is 14.4. The van der Waals surface area contributed by atoms with E-state index in [0.717, 1.165) is 0 Å². The molecule has 0 radical (unpaired) electrons. The van der Waals surface area contributed by atoms with Gasteiger partial charge in [-0.15, -0.1) is 0 Å². The van der Waals surface area contributed by atoms with Gasteiger partial charge in [-0.2, -0.15) is 0 Å². The minimum absolute atomic E-state index is 0.0512. The molecule has 0 N–H and O–H groups in total. The van der Waals surface area contributed by atoms with E-state index in [9.17, 15) is 0 Å². The molecule has 8 rings (SSSR count). The van der Waals surface area contributed by atoms with Gasteiger partial charge in [0.2, 0.25) is 0 Å². The molecule has 6 aromatic carbocycles. The predicted molar refractivity (Wildman–Crippen MR) is 170 cm³/mol. The molecule has 40 heavy (non-hydrogen) atoms. The Morgan fingerprint density at radius 3 is 1.10 bits per heavy atom. The molecule has 0 amide bonds. The number of hydrogen-bond acceptors (Lipinski definition) is 0. The molecule has 0 saturated carbocycles. The van der Waals surface area contributed by atoms with E-state index in [4.69, 9.17) is 0 Å². The van der Waals surface area contributed by atoms with Gasteiger partial charge in [0.15, 0.2) is 0 Å². The van der Waals surface area contributed by atoms with Crippen molar-refractivity contribution in [2.75, 3.05) is 0 Å². The Morgan fingerprint density at radius 1 is 0.325 bits per heavy atom. The minimum Gasteiger partial charge on any atom is -0.0622 e. The normalized spacial score (nSPS) is 15.4. The standard InChI is InChI=1S/C40H32/c1-39(2)35-21-27(25-11-7-5-8-12-25)15-17-31(35)33-19-30-24-38-34(20-29(30)23-37(33)39)32-18-16-28(22-36(32)40(38,3)4)26-13-9-6-10-14-26/h5-24H,1-4H3. The van der Waals surface area contributed by atoms with Gasteiger partial charge in [-0.1, -0.05) is 113 Å². The number of rotatable bonds is 2. The van der Waals surface area contributed by atoms with Crippen LogP contribution < -0.4 is 0 Å². The first-order chi connectivity index (χ1) is 19.3. The predicted octanol–water partition coefficient (Wildman–Crippen LogP) is 10.8. The average molecular weight is 513 g/mol. The van der Waals surface area contributed by atoms with Gasteiger partial charge in [0.05, 0.1) is 0 Å². The number of benzene rings is 6. The maximum atomic E-state index is 2.47. The highest BCUT2D eigenvalue weighted by Crippen LogP contribution is 2.54. The molecule has 0 heterocycles. The Kier molecular flexibility index (Phi) is 4.73. The zero-order valence-electron chi connectivity index (χ0n) is 23.5. The molecule has 0 aromatic heterocycles. The third-order valence-corrected chi connectivity index (χ3v) is 9.64. The summed E-state index contributed by atoms with van der Waals surface area (Å²) in [5.41, 5.74) is 16.2. The van der Waals surface area contributed by atoms with E-state index in [1.54, 1.807) is 0 Å². The van der Waals surface area contributed by atoms with E-state index in [-0.39, 0.29) is 10.8 Å². The van der Waals surface area contributed by atoms with Crippen LogP contribution in [0.5, 0.6) is 0 Å². The molecule has 0 bridgehead atoms. The van der Waals surface area contributed by atoms with Gasteiger partial charge < -0.3 is 0 Å². The summed E-state index contributed by atoms with van der Waals surface area (Å²) in [5, 5.41) is 2.66. The second-order valence-electron chi connectivity index (χ2n) is 12.6. The third-order valence-electron chi connectivity index (χ3n) is 9.64. The van der Waals surface area contributed by atoms with Gasteiger partial charge in [-0.05, 0) is 114 Å². The lowest BCUT2D eigenvalue weighted by atomic mass is 9.79. The van der Waals surface area contributed by atoms with Crippen LogP contribution in [-0.2, 0) is 10.8 Å². The second-order valence-corrected chi connectivity index (χ2v) is 12.6. The van der Waals surface area contributed by atoms with E-state index in [0.29, 0.717) is 0 Å². The largest absolute Gasteiger partial charge is 0.0622 e. The summed E-state index contributed by atoms with van der Waals surface area (Å²) in [6.07, 6.45) is 0. The zero-order chi connectivity index (χ0) is 27.2. The van der Waals surface area contributed by atoms with Crippen LogP contribution in [0.1, 0.15) is 49.9 Å². The molecule has 0 heteroatoms. The molecule has 0 saturated heterocycles. The molecule has 0 nitrogen and oxygen atoms in total. The Labute approximate surface area is 237 Å². The Balaban J connectivity index is 1.28. The molecule has 6 aromatic rings. The molecular weight excluding hydrogens is 480 g/mol. The van der Waals surface area contributed by atoms with Crippen LogP contribution in [0.3, 0.4) is 0 Å². The Morgan fingerprint density at radius 2 is 0.700 bits per heavy atom. The zero-order valence-corrected chi connectivity index (χ0v) is 23.5. The summed E-state index contributed by atoms with van der Waals surface area (Å²) >= 11 is 0. The van der Waals surface area contributed by atoms with Crippen molar-refractivity contribution in [3.63, 3.8) is 0 Å². The summed E-state index contributed by atoms with van der Waals surface area (Å²) < 4.78 is 0. The average Bonchev–Trinajstić information content (AvgIpc) is 3.34. The molecule has 0 unspecified atom stereocenters. The van der Waals surface area contributed by atoms with Gasteiger partial charge in [-0.3, -0.25) is 0 Å². The van der Waals surface area contributed by atoms with Gasteiger partial charge in [0, 0.05) is 10.8 Å². The monoisotopic (exact) mass is 512 g/mol. The fourth-order valence-electron chi connectivity index (χ4n) is 7.33. The van der Waals surface area contributed by atoms with Crippen molar-refractivity contribution in [1.82, 2.24) is 0 Å². The fourth-order valence-corrected chi connectivity index (χ4v) is 7.33. The van der Waals surface area contributed by atoms with E-state index in [2.05, 4.69) is 149 Å². The number of hydrogen-bond donors (Lipinski definition) is 0. The summed E-state index contributed by atoms with van der Waals surface area (Å²) in [6, 6.07) is 45.4. The summed E-state index contributed by atoms with van der Waals surface area (Å²) in [6.45, 7) is 9.54. The van der Waals surface area contributed by atoms with Crippen LogP contribution in [0.15, 0.2) is 121 Å². The molecule has 0 aliphatic heterocycles. The first-order valence-corrected chi connectivity index (χ1v) is 14.4. The van der Waals surface area contributed by atoms with Crippen LogP contribution in [0.25, 0.3) is 55.3 Å². The molecule has 2 aliphatic rings. The van der Waals surface area contributed by atoms with E-state index in [1.165, 1.54) is 77.5 Å². The topological polar surface area (TPSA) is 0 Å². The van der Waals surface area contributed by atoms with Crippen LogP contribution in [0, 0.1) is 0 Å². The van der Waals surface area contributed by atoms with Gasteiger partial charge in [0.1, 0.15) is 0 Å². The van der Waals surface area contributed by atoms with Gasteiger partial charge in [0.25, 0.3) is 0 Å². The van der Waals surface area contributed by atoms with Crippen molar-refractivity contribution in [2.45, 2.75) is 38.5 Å². The number of fused-ring (bicyclic) bond motifs is 7. The maximum absolute atomic E-state index is 2.47. The van der Waals surface area contributed by atoms with Crippen molar-refractivity contribution in [3.05, 3.63) is 144 Å². The summed E-state index contributed by atoms with van der Waals surface area (Å²) in [4.78, 5) is 0. The smallest absolute Gasteiger partial charge is 0.0159 e. The lowest BCUT2D eigenvalue weighted by molar-refractivity contribution is 0.660. The van der Waals surface area contributed by atoms with Crippen LogP contribution in [-0.4, -0.2) is 0 Å². The highest BCUT2D eigenvalue weighted by molar-refractivity contribution is 5.99. The van der Waals surface area contributed by atoms with Crippen LogP contribution in [0.2, 0.25) is 0 Å². The molecular formula is C40H32. The highest BCUT2D eigenvalue weighted by Gasteiger charge is 2.38. The van der Waals surface area contributed by atoms with Crippen molar-refractivity contribution >= 4 is 10.8 Å². The lowest BCUT2D eigenvalue weighted by Gasteiger charge is -2.23. The van der Waals surface area contributed by atoms with Crippen molar-refractivity contribution in [3.8, 4) is 44.5 Å². The molecule has 0 spiro atoms. The lowest BCUT2D eigenvalue weighted by Crippen LogP contribution is -2.15. The van der Waals surface area contributed by atoms with Crippen molar-refractivity contribution in [2.24, 2.45) is 0 Å². The van der Waals surface area contributed by atoms with Crippen LogP contribution in [0.4, 0.5) is 0 Å². The van der Waals surface area contributed by atoms with E-state index in [1.807, 2.05) is 0 Å². The van der Waals surface area contributed by atoms with Crippen LogP contribution >= 0.6 is 0 Å². The third kappa shape index (κ3) is 3.20. The molecule has 192 valence electrons. The summed E-state index contributed by atoms with van der Waals surface area (Å²) in [7, 11) is 0. The summed E-state index contributed by atoms with van der Waals surface area (Å²) in [5.74, 6) is 0. The minimum atomic E-state index is -0.0512. The first-order valence-electron chi connectivity index (χ1n) is 14.4. The quantitative estimate of drug-likeness (QED) is 0.216. The maximum Gasteiger partial charge on any atom is 0.0159 e. The van der Waals surface area contributed by atoms with E-state index >= 15 is 0 Å². The van der Waals surface area contributed by atoms with Gasteiger partial charge in [-0.25, -0.2) is 0 Å². The van der Waals surface area contributed by atoms with Gasteiger partial charge >= 0.3 is 0 Å². The fraction of sp³-hybridized carbons (Fsp3) is 0.150. The van der Waals surface area contributed by atoms with Crippen molar-refractivity contribution in [1.29, 1.82) is 0 Å². The SMILES string of the molecule is CC1(C)c2cc(-c3ccccc3)ccc2-c2cc3cc4c(cc3cc21)-c1ccc(-c2ccccc2)cc1C4(C)C. The molecule has 2 aliphatic carbocycles. The first kappa shape index (κ1) is 23.5. The van der Waals surface area contributed by atoms with E-state index < -0.39 is 0 Å². The second kappa shape index (κ2) is 8.05. The Hall–Kier alpha value is -4.42.